The molecule has 1 amide bonds. The highest BCUT2D eigenvalue weighted by Crippen LogP contribution is 2.29. The molecule has 1 atom stereocenters. The van der Waals surface area contributed by atoms with E-state index in [0.717, 1.165) is 31.6 Å². The van der Waals surface area contributed by atoms with Crippen molar-refractivity contribution in [1.29, 1.82) is 0 Å². The summed E-state index contributed by atoms with van der Waals surface area (Å²) in [5.74, 6) is 0.107. The van der Waals surface area contributed by atoms with Crippen molar-refractivity contribution in [3.05, 3.63) is 65.2 Å². The third kappa shape index (κ3) is 5.23. The molecule has 27 heavy (non-hydrogen) atoms. The Morgan fingerprint density at radius 2 is 1.89 bits per heavy atom. The molecule has 0 spiro atoms. The Morgan fingerprint density at radius 3 is 2.56 bits per heavy atom. The fraction of sp³-hybridized carbons (Fsp3) is 0.350. The molecule has 7 heteroatoms. The first-order chi connectivity index (χ1) is 12.9. The summed E-state index contributed by atoms with van der Waals surface area (Å²) in [4.78, 5) is 12.5. The van der Waals surface area contributed by atoms with E-state index in [2.05, 4.69) is 5.32 Å². The predicted octanol–water partition coefficient (Wildman–Crippen LogP) is 4.19. The molecule has 0 radical (unpaired) electrons. The minimum atomic E-state index is -4.37. The van der Waals surface area contributed by atoms with Crippen molar-refractivity contribution in [1.82, 2.24) is 5.32 Å². The summed E-state index contributed by atoms with van der Waals surface area (Å²) in [6, 6.07) is 11.6. The molecule has 1 unspecified atom stereocenters. The highest BCUT2D eigenvalue weighted by atomic mass is 19.4. The van der Waals surface area contributed by atoms with Crippen LogP contribution in [-0.4, -0.2) is 25.2 Å². The molecular weight excluding hydrogens is 359 g/mol. The van der Waals surface area contributed by atoms with Gasteiger partial charge in [0.15, 0.2) is 0 Å². The average Bonchev–Trinajstić information content (AvgIpc) is 3.18. The van der Waals surface area contributed by atoms with Gasteiger partial charge in [0.25, 0.3) is 5.91 Å². The zero-order chi connectivity index (χ0) is 19.3. The van der Waals surface area contributed by atoms with Crippen molar-refractivity contribution in [3.8, 4) is 5.75 Å². The lowest BCUT2D eigenvalue weighted by Gasteiger charge is -2.14. The van der Waals surface area contributed by atoms with Crippen LogP contribution in [-0.2, 0) is 17.5 Å². The number of para-hydroxylation sites is 1. The van der Waals surface area contributed by atoms with E-state index >= 15 is 0 Å². The van der Waals surface area contributed by atoms with Gasteiger partial charge in [-0.3, -0.25) is 4.79 Å². The van der Waals surface area contributed by atoms with Crippen LogP contribution in [0.5, 0.6) is 5.75 Å². The molecular formula is C20H20F3NO3. The Bertz CT molecular complexity index is 769. The van der Waals surface area contributed by atoms with E-state index in [4.69, 9.17) is 9.47 Å². The molecule has 0 aromatic heterocycles. The molecule has 4 nitrogen and oxygen atoms in total. The highest BCUT2D eigenvalue weighted by Gasteiger charge is 2.29. The number of alkyl halides is 3. The number of benzene rings is 2. The van der Waals surface area contributed by atoms with Gasteiger partial charge in [-0.2, -0.15) is 13.2 Å². The molecule has 1 aliphatic rings. The number of halogens is 3. The van der Waals surface area contributed by atoms with Crippen molar-refractivity contribution in [2.75, 3.05) is 13.2 Å². The van der Waals surface area contributed by atoms with Crippen molar-refractivity contribution in [2.45, 2.75) is 31.7 Å². The summed E-state index contributed by atoms with van der Waals surface area (Å²) in [6.45, 7) is 1.23. The maximum Gasteiger partial charge on any atom is 0.416 e. The lowest BCUT2D eigenvalue weighted by atomic mass is 10.1. The Hall–Kier alpha value is -2.54. The van der Waals surface area contributed by atoms with Gasteiger partial charge < -0.3 is 14.8 Å². The topological polar surface area (TPSA) is 47.6 Å². The maximum atomic E-state index is 12.6. The van der Waals surface area contributed by atoms with E-state index in [9.17, 15) is 18.0 Å². The highest BCUT2D eigenvalue weighted by molar-refractivity contribution is 5.96. The lowest BCUT2D eigenvalue weighted by molar-refractivity contribution is -0.137. The van der Waals surface area contributed by atoms with Gasteiger partial charge in [-0.15, -0.1) is 0 Å². The van der Waals surface area contributed by atoms with Gasteiger partial charge in [-0.1, -0.05) is 24.3 Å². The second-order valence-electron chi connectivity index (χ2n) is 6.32. The Morgan fingerprint density at radius 1 is 1.15 bits per heavy atom. The smallest absolute Gasteiger partial charge is 0.416 e. The van der Waals surface area contributed by atoms with Crippen LogP contribution in [0.15, 0.2) is 48.5 Å². The second-order valence-corrected chi connectivity index (χ2v) is 6.32. The molecule has 2 aromatic rings. The van der Waals surface area contributed by atoms with Crippen LogP contribution in [0.25, 0.3) is 0 Å². The van der Waals surface area contributed by atoms with Crippen LogP contribution in [0.1, 0.15) is 34.3 Å². The molecule has 1 aliphatic heterocycles. The van der Waals surface area contributed by atoms with Crippen molar-refractivity contribution >= 4 is 5.91 Å². The van der Waals surface area contributed by atoms with E-state index in [1.807, 2.05) is 0 Å². The Balaban J connectivity index is 1.59. The first kappa shape index (κ1) is 19.2. The summed E-state index contributed by atoms with van der Waals surface area (Å²) in [5, 5.41) is 2.71. The molecule has 3 rings (SSSR count). The van der Waals surface area contributed by atoms with Crippen LogP contribution in [0.3, 0.4) is 0 Å². The molecule has 1 saturated heterocycles. The van der Waals surface area contributed by atoms with Crippen molar-refractivity contribution in [2.24, 2.45) is 0 Å². The molecule has 0 aliphatic carbocycles. The zero-order valence-corrected chi connectivity index (χ0v) is 14.6. The first-order valence-electron chi connectivity index (χ1n) is 8.71. The standard InChI is InChI=1S/C20H20F3NO3/c21-20(22,23)15-9-7-14(8-10-15)12-24-19(25)17-5-1-2-6-18(17)27-13-16-4-3-11-26-16/h1-2,5-10,16H,3-4,11-13H2,(H,24,25). The first-order valence-corrected chi connectivity index (χ1v) is 8.71. The molecule has 0 bridgehead atoms. The van der Waals surface area contributed by atoms with Crippen LogP contribution >= 0.6 is 0 Å². The van der Waals surface area contributed by atoms with E-state index in [-0.39, 0.29) is 18.6 Å². The van der Waals surface area contributed by atoms with Gasteiger partial charge in [-0.25, -0.2) is 0 Å². The number of carbonyl (C=O) groups excluding carboxylic acids is 1. The van der Waals surface area contributed by atoms with Gasteiger partial charge in [0.05, 0.1) is 17.2 Å². The fourth-order valence-corrected chi connectivity index (χ4v) is 2.83. The van der Waals surface area contributed by atoms with E-state index in [0.29, 0.717) is 23.5 Å². The molecule has 2 aromatic carbocycles. The fourth-order valence-electron chi connectivity index (χ4n) is 2.83. The number of carbonyl (C=O) groups is 1. The van der Waals surface area contributed by atoms with Gasteiger partial charge in [-0.05, 0) is 42.7 Å². The second kappa shape index (κ2) is 8.43. The van der Waals surface area contributed by atoms with Crippen LogP contribution < -0.4 is 10.1 Å². The quantitative estimate of drug-likeness (QED) is 0.819. The van der Waals surface area contributed by atoms with Gasteiger partial charge in [0.2, 0.25) is 0 Å². The van der Waals surface area contributed by atoms with E-state index in [1.165, 1.54) is 12.1 Å². The number of nitrogens with one attached hydrogen (secondary N) is 1. The Kier molecular flexibility index (Phi) is 6.01. The van der Waals surface area contributed by atoms with Gasteiger partial charge in [0.1, 0.15) is 12.4 Å². The monoisotopic (exact) mass is 379 g/mol. The third-order valence-corrected chi connectivity index (χ3v) is 4.31. The third-order valence-electron chi connectivity index (χ3n) is 4.31. The molecule has 1 N–H and O–H groups in total. The molecule has 144 valence electrons. The summed E-state index contributed by atoms with van der Waals surface area (Å²) in [5.41, 5.74) is 0.238. The lowest BCUT2D eigenvalue weighted by Crippen LogP contribution is -2.24. The summed E-state index contributed by atoms with van der Waals surface area (Å²) >= 11 is 0. The zero-order valence-electron chi connectivity index (χ0n) is 14.6. The van der Waals surface area contributed by atoms with Crippen LogP contribution in [0, 0.1) is 0 Å². The molecule has 1 fully saturated rings. The predicted molar refractivity (Wildman–Crippen MR) is 93.5 cm³/mol. The van der Waals surface area contributed by atoms with Crippen LogP contribution in [0.2, 0.25) is 0 Å². The molecule has 1 heterocycles. The molecule has 0 saturated carbocycles. The number of ether oxygens (including phenoxy) is 2. The average molecular weight is 379 g/mol. The number of rotatable bonds is 6. The minimum Gasteiger partial charge on any atom is -0.490 e. The van der Waals surface area contributed by atoms with Gasteiger partial charge in [0, 0.05) is 13.2 Å². The van der Waals surface area contributed by atoms with Crippen molar-refractivity contribution in [3.63, 3.8) is 0 Å². The van der Waals surface area contributed by atoms with E-state index in [1.54, 1.807) is 24.3 Å². The Labute approximate surface area is 155 Å². The number of hydrogen-bond donors (Lipinski definition) is 1. The van der Waals surface area contributed by atoms with Gasteiger partial charge >= 0.3 is 6.18 Å². The van der Waals surface area contributed by atoms with E-state index < -0.39 is 11.7 Å². The van der Waals surface area contributed by atoms with Crippen LogP contribution in [0.4, 0.5) is 13.2 Å². The number of amides is 1. The normalized spacial score (nSPS) is 16.9. The summed E-state index contributed by atoms with van der Waals surface area (Å²) in [7, 11) is 0. The maximum absolute atomic E-state index is 12.6. The minimum absolute atomic E-state index is 0.0354. The number of hydrogen-bond acceptors (Lipinski definition) is 3. The van der Waals surface area contributed by atoms with Crippen molar-refractivity contribution < 1.29 is 27.4 Å². The SMILES string of the molecule is O=C(NCc1ccc(C(F)(F)F)cc1)c1ccccc1OCC1CCCO1. The summed E-state index contributed by atoms with van der Waals surface area (Å²) < 4.78 is 49.0. The largest absolute Gasteiger partial charge is 0.490 e. The summed E-state index contributed by atoms with van der Waals surface area (Å²) in [6.07, 6.45) is -2.40.